The predicted molar refractivity (Wildman–Crippen MR) is 133 cm³/mol. The fourth-order valence-corrected chi connectivity index (χ4v) is 3.70. The molecule has 0 saturated carbocycles. The zero-order valence-corrected chi connectivity index (χ0v) is 20.0. The van der Waals surface area contributed by atoms with Crippen LogP contribution in [0.2, 0.25) is 0 Å². The standard InChI is InChI=1S/C22H28N8.HI/c1-23-22(25-14-17-5-4-6-18(13-17)21-26-16-27-29-21)28-19-8-11-30(12-9-19)15-20-7-2-3-10-24-20;/h2-7,10,13,16,19H,8-9,11-12,14-15H2,1H3,(H2,23,25,28)(H,26,27,29);1H. The average Bonchev–Trinajstić information content (AvgIpc) is 3.34. The van der Waals surface area contributed by atoms with Crippen molar-refractivity contribution in [2.75, 3.05) is 20.1 Å². The molecular weight excluding hydrogens is 503 g/mol. The Morgan fingerprint density at radius 3 is 2.74 bits per heavy atom. The Morgan fingerprint density at radius 2 is 2.03 bits per heavy atom. The van der Waals surface area contributed by atoms with E-state index in [1.54, 1.807) is 0 Å². The van der Waals surface area contributed by atoms with Gasteiger partial charge in [0.2, 0.25) is 0 Å². The van der Waals surface area contributed by atoms with Crippen LogP contribution in [0.15, 0.2) is 60.0 Å². The smallest absolute Gasteiger partial charge is 0.191 e. The van der Waals surface area contributed by atoms with Gasteiger partial charge in [-0.3, -0.25) is 20.0 Å². The first-order valence-electron chi connectivity index (χ1n) is 10.3. The van der Waals surface area contributed by atoms with Crippen LogP contribution in [0.5, 0.6) is 0 Å². The monoisotopic (exact) mass is 532 g/mol. The molecule has 31 heavy (non-hydrogen) atoms. The lowest BCUT2D eigenvalue weighted by Crippen LogP contribution is -2.48. The lowest BCUT2D eigenvalue weighted by molar-refractivity contribution is 0.196. The van der Waals surface area contributed by atoms with Crippen LogP contribution in [-0.4, -0.2) is 57.2 Å². The van der Waals surface area contributed by atoms with Crippen molar-refractivity contribution < 1.29 is 0 Å². The molecule has 1 aromatic carbocycles. The zero-order chi connectivity index (χ0) is 20.6. The van der Waals surface area contributed by atoms with Crippen LogP contribution >= 0.6 is 24.0 Å². The van der Waals surface area contributed by atoms with Crippen molar-refractivity contribution in [1.82, 2.24) is 35.7 Å². The number of nitrogens with zero attached hydrogens (tertiary/aromatic N) is 5. The second-order valence-electron chi connectivity index (χ2n) is 7.48. The number of hydrogen-bond acceptors (Lipinski definition) is 5. The van der Waals surface area contributed by atoms with Gasteiger partial charge in [-0.05, 0) is 36.6 Å². The molecular formula is C22H29IN8. The molecule has 0 amide bonds. The molecule has 164 valence electrons. The van der Waals surface area contributed by atoms with Crippen molar-refractivity contribution in [3.8, 4) is 11.4 Å². The van der Waals surface area contributed by atoms with Gasteiger partial charge in [-0.15, -0.1) is 24.0 Å². The number of likely N-dealkylation sites (tertiary alicyclic amines) is 1. The number of nitrogens with one attached hydrogen (secondary N) is 3. The minimum Gasteiger partial charge on any atom is -0.354 e. The molecule has 0 bridgehead atoms. The number of hydrogen-bond donors (Lipinski definition) is 3. The number of rotatable bonds is 6. The van der Waals surface area contributed by atoms with E-state index in [-0.39, 0.29) is 24.0 Å². The van der Waals surface area contributed by atoms with Gasteiger partial charge < -0.3 is 10.6 Å². The lowest BCUT2D eigenvalue weighted by atomic mass is 10.0. The summed E-state index contributed by atoms with van der Waals surface area (Å²) in [4.78, 5) is 15.5. The Kier molecular flexibility index (Phi) is 8.77. The normalized spacial score (nSPS) is 15.3. The molecule has 1 aliphatic rings. The number of pyridine rings is 1. The van der Waals surface area contributed by atoms with Crippen LogP contribution in [0.25, 0.3) is 11.4 Å². The number of halogens is 1. The Bertz CT molecular complexity index is 937. The van der Waals surface area contributed by atoms with Crippen molar-refractivity contribution in [1.29, 1.82) is 0 Å². The fraction of sp³-hybridized carbons (Fsp3) is 0.364. The third-order valence-electron chi connectivity index (χ3n) is 5.34. The van der Waals surface area contributed by atoms with Gasteiger partial charge in [-0.1, -0.05) is 24.3 Å². The maximum absolute atomic E-state index is 4.43. The maximum atomic E-state index is 4.43. The van der Waals surface area contributed by atoms with E-state index in [9.17, 15) is 0 Å². The Labute approximate surface area is 200 Å². The van der Waals surface area contributed by atoms with Gasteiger partial charge in [0.05, 0.1) is 5.69 Å². The van der Waals surface area contributed by atoms with Crippen LogP contribution in [0.4, 0.5) is 0 Å². The van der Waals surface area contributed by atoms with E-state index in [0.717, 1.165) is 61.1 Å². The third-order valence-corrected chi connectivity index (χ3v) is 5.34. The summed E-state index contributed by atoms with van der Waals surface area (Å²) >= 11 is 0. The molecule has 1 fully saturated rings. The largest absolute Gasteiger partial charge is 0.354 e. The van der Waals surface area contributed by atoms with Crippen molar-refractivity contribution in [2.45, 2.75) is 32.0 Å². The minimum atomic E-state index is 0. The average molecular weight is 532 g/mol. The number of guanidine groups is 1. The summed E-state index contributed by atoms with van der Waals surface area (Å²) < 4.78 is 0. The zero-order valence-electron chi connectivity index (χ0n) is 17.7. The molecule has 0 atom stereocenters. The quantitative estimate of drug-likeness (QED) is 0.257. The van der Waals surface area contributed by atoms with Crippen LogP contribution in [0, 0.1) is 0 Å². The summed E-state index contributed by atoms with van der Waals surface area (Å²) in [6.07, 6.45) is 5.57. The Balaban J connectivity index is 0.00000272. The summed E-state index contributed by atoms with van der Waals surface area (Å²) in [5.74, 6) is 1.61. The number of benzene rings is 1. The second kappa shape index (κ2) is 11.8. The third kappa shape index (κ3) is 6.73. The maximum Gasteiger partial charge on any atom is 0.191 e. The van der Waals surface area contributed by atoms with Gasteiger partial charge in [0, 0.05) is 51.0 Å². The van der Waals surface area contributed by atoms with Gasteiger partial charge in [-0.2, -0.15) is 5.10 Å². The SMILES string of the molecule is CN=C(NCc1cccc(-c2ncn[nH]2)c1)NC1CCN(Cc2ccccn2)CC1.I. The van der Waals surface area contributed by atoms with Crippen molar-refractivity contribution in [2.24, 2.45) is 4.99 Å². The topological polar surface area (TPSA) is 94.1 Å². The predicted octanol–water partition coefficient (Wildman–Crippen LogP) is 2.81. The van der Waals surface area contributed by atoms with E-state index in [4.69, 9.17) is 0 Å². The molecule has 0 unspecified atom stereocenters. The summed E-state index contributed by atoms with van der Waals surface area (Å²) in [6.45, 7) is 3.73. The highest BCUT2D eigenvalue weighted by Crippen LogP contribution is 2.16. The second-order valence-corrected chi connectivity index (χ2v) is 7.48. The Hall–Kier alpha value is -2.53. The van der Waals surface area contributed by atoms with Crippen molar-refractivity contribution in [3.05, 3.63) is 66.2 Å². The highest BCUT2D eigenvalue weighted by molar-refractivity contribution is 14.0. The van der Waals surface area contributed by atoms with Crippen molar-refractivity contribution in [3.63, 3.8) is 0 Å². The van der Waals surface area contributed by atoms with E-state index >= 15 is 0 Å². The van der Waals surface area contributed by atoms with Gasteiger partial charge >= 0.3 is 0 Å². The van der Waals surface area contributed by atoms with Crippen LogP contribution < -0.4 is 10.6 Å². The highest BCUT2D eigenvalue weighted by Gasteiger charge is 2.20. The van der Waals surface area contributed by atoms with E-state index in [1.165, 1.54) is 6.33 Å². The molecule has 2 aromatic heterocycles. The number of piperidine rings is 1. The molecule has 4 rings (SSSR count). The van der Waals surface area contributed by atoms with E-state index in [2.05, 4.69) is 58.9 Å². The van der Waals surface area contributed by atoms with E-state index < -0.39 is 0 Å². The lowest BCUT2D eigenvalue weighted by Gasteiger charge is -2.32. The molecule has 3 aromatic rings. The van der Waals surface area contributed by atoms with Crippen molar-refractivity contribution >= 4 is 29.9 Å². The van der Waals surface area contributed by atoms with E-state index in [1.807, 2.05) is 37.5 Å². The first kappa shape index (κ1) is 23.1. The minimum absolute atomic E-state index is 0. The van der Waals surface area contributed by atoms with Gasteiger partial charge in [-0.25, -0.2) is 4.98 Å². The number of aliphatic imine (C=N–C) groups is 1. The molecule has 8 nitrogen and oxygen atoms in total. The molecule has 0 spiro atoms. The number of aromatic amines is 1. The van der Waals surface area contributed by atoms with Crippen LogP contribution in [-0.2, 0) is 13.1 Å². The molecule has 1 saturated heterocycles. The summed E-state index contributed by atoms with van der Waals surface area (Å²) in [5, 5.41) is 13.8. The molecule has 3 N–H and O–H groups in total. The van der Waals surface area contributed by atoms with Gasteiger partial charge in [0.1, 0.15) is 6.33 Å². The molecule has 9 heteroatoms. The number of H-pyrrole nitrogens is 1. The summed E-state index contributed by atoms with van der Waals surface area (Å²) in [7, 11) is 1.82. The van der Waals surface area contributed by atoms with Crippen LogP contribution in [0.3, 0.4) is 0 Å². The van der Waals surface area contributed by atoms with Crippen LogP contribution in [0.1, 0.15) is 24.1 Å². The first-order chi connectivity index (χ1) is 14.8. The molecule has 1 aliphatic heterocycles. The number of aromatic nitrogens is 4. The molecule has 0 radical (unpaired) electrons. The van der Waals surface area contributed by atoms with Gasteiger partial charge in [0.15, 0.2) is 11.8 Å². The van der Waals surface area contributed by atoms with E-state index in [0.29, 0.717) is 12.6 Å². The Morgan fingerprint density at radius 1 is 1.16 bits per heavy atom. The molecule has 3 heterocycles. The highest BCUT2D eigenvalue weighted by atomic mass is 127. The molecule has 0 aliphatic carbocycles. The first-order valence-corrected chi connectivity index (χ1v) is 10.3. The van der Waals surface area contributed by atoms with Gasteiger partial charge in [0.25, 0.3) is 0 Å². The summed E-state index contributed by atoms with van der Waals surface area (Å²) in [5.41, 5.74) is 3.32. The summed E-state index contributed by atoms with van der Waals surface area (Å²) in [6, 6.07) is 14.8. The fourth-order valence-electron chi connectivity index (χ4n) is 3.70.